The Labute approximate surface area is 125 Å². The van der Waals surface area contributed by atoms with E-state index in [0.29, 0.717) is 5.11 Å². The van der Waals surface area contributed by atoms with Crippen molar-refractivity contribution in [2.24, 2.45) is 0 Å². The Bertz CT molecular complexity index is 560. The van der Waals surface area contributed by atoms with Gasteiger partial charge in [0, 0.05) is 25.0 Å². The van der Waals surface area contributed by atoms with Gasteiger partial charge in [-0.25, -0.2) is 0 Å². The van der Waals surface area contributed by atoms with Crippen LogP contribution in [0.5, 0.6) is 0 Å². The minimum absolute atomic E-state index is 0.658. The van der Waals surface area contributed by atoms with Gasteiger partial charge in [0.1, 0.15) is 0 Å². The van der Waals surface area contributed by atoms with Crippen LogP contribution in [0.3, 0.4) is 0 Å². The first kappa shape index (κ1) is 14.5. The lowest BCUT2D eigenvalue weighted by atomic mass is 10.2. The molecular formula is C15H20N4S. The molecule has 106 valence electrons. The molecular weight excluding hydrogens is 268 g/mol. The van der Waals surface area contributed by atoms with Gasteiger partial charge >= 0.3 is 0 Å². The fraction of sp³-hybridized carbons (Fsp3) is 0.333. The van der Waals surface area contributed by atoms with Gasteiger partial charge < -0.3 is 10.6 Å². The first-order chi connectivity index (χ1) is 9.63. The Morgan fingerprint density at radius 3 is 2.60 bits per heavy atom. The van der Waals surface area contributed by atoms with E-state index >= 15 is 0 Å². The smallest absolute Gasteiger partial charge is 0.170 e. The van der Waals surface area contributed by atoms with Gasteiger partial charge in [-0.2, -0.15) is 5.10 Å². The summed E-state index contributed by atoms with van der Waals surface area (Å²) in [6, 6.07) is 8.17. The van der Waals surface area contributed by atoms with E-state index in [1.165, 1.54) is 11.1 Å². The van der Waals surface area contributed by atoms with Gasteiger partial charge in [-0.1, -0.05) is 17.7 Å². The third kappa shape index (κ3) is 4.66. The molecule has 5 heteroatoms. The average Bonchev–Trinajstić information content (AvgIpc) is 2.83. The van der Waals surface area contributed by atoms with Crippen LogP contribution >= 0.6 is 12.2 Å². The molecule has 0 atom stereocenters. The maximum absolute atomic E-state index is 5.26. The SMILES string of the molecule is Cc1ccc(NC(=S)NCCCn2cc(C)cn2)cc1. The molecule has 0 aliphatic rings. The molecule has 0 saturated heterocycles. The van der Waals surface area contributed by atoms with Crippen molar-refractivity contribution < 1.29 is 0 Å². The number of aryl methyl sites for hydroxylation is 3. The normalized spacial score (nSPS) is 10.3. The van der Waals surface area contributed by atoms with Crippen molar-refractivity contribution in [2.45, 2.75) is 26.8 Å². The van der Waals surface area contributed by atoms with Crippen LogP contribution in [0.15, 0.2) is 36.7 Å². The molecule has 1 aromatic carbocycles. The van der Waals surface area contributed by atoms with Crippen LogP contribution in [0.1, 0.15) is 17.5 Å². The maximum atomic E-state index is 5.26. The molecule has 0 bridgehead atoms. The quantitative estimate of drug-likeness (QED) is 0.656. The third-order valence-electron chi connectivity index (χ3n) is 2.92. The molecule has 1 aromatic heterocycles. The topological polar surface area (TPSA) is 41.9 Å². The van der Waals surface area contributed by atoms with E-state index in [0.717, 1.165) is 25.2 Å². The predicted octanol–water partition coefficient (Wildman–Crippen LogP) is 2.88. The van der Waals surface area contributed by atoms with E-state index in [1.807, 2.05) is 36.1 Å². The number of anilines is 1. The second-order valence-electron chi connectivity index (χ2n) is 4.88. The van der Waals surface area contributed by atoms with Crippen molar-refractivity contribution in [1.29, 1.82) is 0 Å². The van der Waals surface area contributed by atoms with Crippen LogP contribution in [-0.4, -0.2) is 21.4 Å². The van der Waals surface area contributed by atoms with Crippen LogP contribution in [0, 0.1) is 13.8 Å². The molecule has 0 aliphatic carbocycles. The fourth-order valence-corrected chi connectivity index (χ4v) is 2.06. The summed E-state index contributed by atoms with van der Waals surface area (Å²) >= 11 is 5.26. The Morgan fingerprint density at radius 2 is 1.95 bits per heavy atom. The second kappa shape index (κ2) is 7.05. The molecule has 0 amide bonds. The number of nitrogens with zero attached hydrogens (tertiary/aromatic N) is 2. The standard InChI is InChI=1S/C15H20N4S/c1-12-4-6-14(7-5-12)18-15(20)16-8-3-9-19-11-13(2)10-17-19/h4-7,10-11H,3,8-9H2,1-2H3,(H2,16,18,20). The summed E-state index contributed by atoms with van der Waals surface area (Å²) in [5, 5.41) is 11.3. The fourth-order valence-electron chi connectivity index (χ4n) is 1.84. The van der Waals surface area contributed by atoms with Crippen molar-refractivity contribution in [3.8, 4) is 0 Å². The number of aromatic nitrogens is 2. The van der Waals surface area contributed by atoms with Crippen molar-refractivity contribution >= 4 is 23.0 Å². The van der Waals surface area contributed by atoms with E-state index in [9.17, 15) is 0 Å². The third-order valence-corrected chi connectivity index (χ3v) is 3.17. The summed E-state index contributed by atoms with van der Waals surface area (Å²) in [5.74, 6) is 0. The summed E-state index contributed by atoms with van der Waals surface area (Å²) in [5.41, 5.74) is 3.44. The lowest BCUT2D eigenvalue weighted by Crippen LogP contribution is -2.29. The first-order valence-corrected chi connectivity index (χ1v) is 7.15. The summed E-state index contributed by atoms with van der Waals surface area (Å²) in [4.78, 5) is 0. The summed E-state index contributed by atoms with van der Waals surface area (Å²) in [7, 11) is 0. The van der Waals surface area contributed by atoms with Crippen LogP contribution in [0.2, 0.25) is 0 Å². The van der Waals surface area contributed by atoms with Crippen molar-refractivity contribution in [2.75, 3.05) is 11.9 Å². The second-order valence-corrected chi connectivity index (χ2v) is 5.29. The largest absolute Gasteiger partial charge is 0.362 e. The van der Waals surface area contributed by atoms with Crippen molar-refractivity contribution in [3.63, 3.8) is 0 Å². The molecule has 0 unspecified atom stereocenters. The van der Waals surface area contributed by atoms with E-state index in [4.69, 9.17) is 12.2 Å². The van der Waals surface area contributed by atoms with Gasteiger partial charge in [0.2, 0.25) is 0 Å². The number of benzene rings is 1. The molecule has 2 aromatic rings. The molecule has 0 saturated carbocycles. The van der Waals surface area contributed by atoms with Gasteiger partial charge in [0.05, 0.1) is 6.20 Å². The first-order valence-electron chi connectivity index (χ1n) is 6.74. The highest BCUT2D eigenvalue weighted by molar-refractivity contribution is 7.80. The predicted molar refractivity (Wildman–Crippen MR) is 87.0 cm³/mol. The van der Waals surface area contributed by atoms with Gasteiger partial charge in [0.15, 0.2) is 5.11 Å². The lowest BCUT2D eigenvalue weighted by Gasteiger charge is -2.10. The van der Waals surface area contributed by atoms with E-state index in [1.54, 1.807) is 0 Å². The zero-order valence-electron chi connectivity index (χ0n) is 11.9. The Hall–Kier alpha value is -1.88. The van der Waals surface area contributed by atoms with Crippen molar-refractivity contribution in [1.82, 2.24) is 15.1 Å². The summed E-state index contributed by atoms with van der Waals surface area (Å²) in [6.07, 6.45) is 4.90. The average molecular weight is 288 g/mol. The zero-order chi connectivity index (χ0) is 14.4. The van der Waals surface area contributed by atoms with Crippen LogP contribution in [-0.2, 0) is 6.54 Å². The molecule has 0 radical (unpaired) electrons. The highest BCUT2D eigenvalue weighted by atomic mass is 32.1. The highest BCUT2D eigenvalue weighted by Crippen LogP contribution is 2.08. The Balaban J connectivity index is 1.66. The number of hydrogen-bond acceptors (Lipinski definition) is 2. The van der Waals surface area contributed by atoms with Gasteiger partial charge in [-0.05, 0) is 50.2 Å². The molecule has 4 nitrogen and oxygen atoms in total. The molecule has 0 fully saturated rings. The highest BCUT2D eigenvalue weighted by Gasteiger charge is 1.98. The Kier molecular flexibility index (Phi) is 5.12. The molecule has 2 N–H and O–H groups in total. The van der Waals surface area contributed by atoms with Crippen LogP contribution < -0.4 is 10.6 Å². The lowest BCUT2D eigenvalue weighted by molar-refractivity contribution is 0.573. The molecule has 20 heavy (non-hydrogen) atoms. The maximum Gasteiger partial charge on any atom is 0.170 e. The molecule has 1 heterocycles. The number of hydrogen-bond donors (Lipinski definition) is 2. The summed E-state index contributed by atoms with van der Waals surface area (Å²) < 4.78 is 1.95. The number of thiocarbonyl (C=S) groups is 1. The van der Waals surface area contributed by atoms with E-state index in [2.05, 4.69) is 34.8 Å². The van der Waals surface area contributed by atoms with Gasteiger partial charge in [-0.15, -0.1) is 0 Å². The zero-order valence-corrected chi connectivity index (χ0v) is 12.7. The summed E-state index contributed by atoms with van der Waals surface area (Å²) in [6.45, 7) is 5.84. The minimum Gasteiger partial charge on any atom is -0.362 e. The van der Waals surface area contributed by atoms with E-state index in [-0.39, 0.29) is 0 Å². The molecule has 0 aliphatic heterocycles. The number of nitrogens with one attached hydrogen (secondary N) is 2. The Morgan fingerprint density at radius 1 is 1.20 bits per heavy atom. The van der Waals surface area contributed by atoms with Gasteiger partial charge in [-0.3, -0.25) is 4.68 Å². The van der Waals surface area contributed by atoms with Crippen LogP contribution in [0.4, 0.5) is 5.69 Å². The van der Waals surface area contributed by atoms with Gasteiger partial charge in [0.25, 0.3) is 0 Å². The number of rotatable bonds is 5. The monoisotopic (exact) mass is 288 g/mol. The van der Waals surface area contributed by atoms with Crippen molar-refractivity contribution in [3.05, 3.63) is 47.8 Å². The minimum atomic E-state index is 0.658. The van der Waals surface area contributed by atoms with E-state index < -0.39 is 0 Å². The molecule has 2 rings (SSSR count). The van der Waals surface area contributed by atoms with Crippen LogP contribution in [0.25, 0.3) is 0 Å². The molecule has 0 spiro atoms.